The molecule has 0 aliphatic rings. The topological polar surface area (TPSA) is 68.2 Å². The summed E-state index contributed by atoms with van der Waals surface area (Å²) in [7, 11) is 2.58. The molecule has 0 saturated heterocycles. The number of carbonyl (C=O) groups excluding carboxylic acids is 2. The maximum absolute atomic E-state index is 12.7. The molecule has 0 aromatic heterocycles. The van der Waals surface area contributed by atoms with Gasteiger partial charge in [-0.15, -0.1) is 0 Å². The Morgan fingerprint density at radius 3 is 2.54 bits per heavy atom. The highest BCUT2D eigenvalue weighted by Crippen LogP contribution is 2.29. The van der Waals surface area contributed by atoms with E-state index < -0.39 is 30.2 Å². The molecular weight excluding hydrogens is 329 g/mol. The fourth-order valence-electron chi connectivity index (χ4n) is 1.61. The first-order valence-corrected chi connectivity index (χ1v) is 6.80. The highest BCUT2D eigenvalue weighted by atomic mass is 19.4. The summed E-state index contributed by atoms with van der Waals surface area (Å²) in [5.41, 5.74) is -0.395. The zero-order valence-corrected chi connectivity index (χ0v) is 13.4. The van der Waals surface area contributed by atoms with Crippen molar-refractivity contribution in [3.8, 4) is 0 Å². The number of carbonyl (C=O) groups is 2. The molecule has 0 saturated carbocycles. The number of alkyl halides is 3. The summed E-state index contributed by atoms with van der Waals surface area (Å²) >= 11 is 0. The van der Waals surface area contributed by atoms with Crippen LogP contribution in [0.15, 0.2) is 29.4 Å². The molecule has 0 radical (unpaired) electrons. The van der Waals surface area contributed by atoms with E-state index in [0.29, 0.717) is 0 Å². The van der Waals surface area contributed by atoms with Crippen LogP contribution in [0.25, 0.3) is 0 Å². The number of rotatable bonds is 6. The molecule has 1 aromatic rings. The van der Waals surface area contributed by atoms with Crippen molar-refractivity contribution in [2.24, 2.45) is 5.16 Å². The number of methoxy groups -OCH3 is 1. The maximum Gasteiger partial charge on any atom is 0.416 e. The molecule has 0 atom stereocenters. The van der Waals surface area contributed by atoms with Gasteiger partial charge in [0.1, 0.15) is 6.54 Å². The largest absolute Gasteiger partial charge is 0.468 e. The molecule has 0 N–H and O–H groups in total. The van der Waals surface area contributed by atoms with Gasteiger partial charge in [-0.2, -0.15) is 13.2 Å². The lowest BCUT2D eigenvalue weighted by atomic mass is 10.1. The van der Waals surface area contributed by atoms with Crippen LogP contribution in [0.4, 0.5) is 13.2 Å². The van der Waals surface area contributed by atoms with Crippen LogP contribution < -0.4 is 0 Å². The van der Waals surface area contributed by atoms with Gasteiger partial charge in [0.2, 0.25) is 0 Å². The Bertz CT molecular complexity index is 629. The quantitative estimate of drug-likeness (QED) is 0.449. The van der Waals surface area contributed by atoms with Gasteiger partial charge in [-0.3, -0.25) is 9.59 Å². The number of halogens is 3. The second kappa shape index (κ2) is 8.32. The molecule has 1 aromatic carbocycles. The summed E-state index contributed by atoms with van der Waals surface area (Å²) in [6.45, 7) is 0.761. The van der Waals surface area contributed by atoms with E-state index in [4.69, 9.17) is 4.84 Å². The molecule has 0 fully saturated rings. The second-order valence-corrected chi connectivity index (χ2v) is 4.85. The van der Waals surface area contributed by atoms with Crippen molar-refractivity contribution >= 4 is 17.6 Å². The summed E-state index contributed by atoms with van der Waals surface area (Å²) in [6, 6.07) is 4.59. The van der Waals surface area contributed by atoms with Crippen LogP contribution in [0, 0.1) is 0 Å². The fraction of sp³-hybridized carbons (Fsp3) is 0.400. The first-order valence-electron chi connectivity index (χ1n) is 6.80. The van der Waals surface area contributed by atoms with Gasteiger partial charge in [-0.05, 0) is 24.6 Å². The van der Waals surface area contributed by atoms with Crippen molar-refractivity contribution in [3.05, 3.63) is 35.4 Å². The van der Waals surface area contributed by atoms with Gasteiger partial charge in [-0.25, -0.2) is 0 Å². The van der Waals surface area contributed by atoms with Crippen LogP contribution in [-0.4, -0.2) is 49.8 Å². The van der Waals surface area contributed by atoms with E-state index in [2.05, 4.69) is 9.89 Å². The Kier molecular flexibility index (Phi) is 6.75. The molecule has 1 rings (SSSR count). The third kappa shape index (κ3) is 5.90. The van der Waals surface area contributed by atoms with Crippen LogP contribution in [0.5, 0.6) is 0 Å². The molecule has 0 aliphatic heterocycles. The number of oxime groups is 1. The standard InChI is InChI=1S/C15H17F3N2O4/c1-10(11-5-4-6-12(7-11)15(16,17)18)19-24-9-13(21)20(2)8-14(22)23-3/h4-7H,8-9H2,1-3H3/b19-10+. The Morgan fingerprint density at radius 2 is 1.96 bits per heavy atom. The van der Waals surface area contributed by atoms with Crippen LogP contribution in [-0.2, 0) is 25.3 Å². The van der Waals surface area contributed by atoms with Gasteiger partial charge < -0.3 is 14.5 Å². The normalized spacial score (nSPS) is 11.8. The third-order valence-corrected chi connectivity index (χ3v) is 3.02. The number of amides is 1. The van der Waals surface area contributed by atoms with Crippen molar-refractivity contribution in [2.45, 2.75) is 13.1 Å². The maximum atomic E-state index is 12.7. The minimum Gasteiger partial charge on any atom is -0.468 e. The molecule has 24 heavy (non-hydrogen) atoms. The lowest BCUT2D eigenvalue weighted by Gasteiger charge is -2.14. The Hall–Kier alpha value is -2.58. The molecule has 0 bridgehead atoms. The van der Waals surface area contributed by atoms with Crippen LogP contribution in [0.1, 0.15) is 18.1 Å². The van der Waals surface area contributed by atoms with Crippen molar-refractivity contribution in [1.82, 2.24) is 4.90 Å². The molecule has 0 unspecified atom stereocenters. The summed E-state index contributed by atoms with van der Waals surface area (Å²) in [6.07, 6.45) is -4.45. The fourth-order valence-corrected chi connectivity index (χ4v) is 1.61. The van der Waals surface area contributed by atoms with Gasteiger partial charge in [0.25, 0.3) is 5.91 Å². The number of hydrogen-bond donors (Lipinski definition) is 0. The zero-order chi connectivity index (χ0) is 18.3. The van der Waals surface area contributed by atoms with E-state index in [1.54, 1.807) is 0 Å². The van der Waals surface area contributed by atoms with Crippen LogP contribution in [0.3, 0.4) is 0 Å². The Morgan fingerprint density at radius 1 is 1.29 bits per heavy atom. The second-order valence-electron chi connectivity index (χ2n) is 4.85. The number of benzene rings is 1. The number of esters is 1. The Balaban J connectivity index is 2.65. The van der Waals surface area contributed by atoms with E-state index in [1.807, 2.05) is 0 Å². The van der Waals surface area contributed by atoms with Crippen LogP contribution in [0.2, 0.25) is 0 Å². The summed E-state index contributed by atoms with van der Waals surface area (Å²) in [5, 5.41) is 3.62. The average Bonchev–Trinajstić information content (AvgIpc) is 2.53. The van der Waals surface area contributed by atoms with Crippen molar-refractivity contribution < 1.29 is 32.3 Å². The summed E-state index contributed by atoms with van der Waals surface area (Å²) in [5.74, 6) is -1.12. The smallest absolute Gasteiger partial charge is 0.416 e. The number of nitrogens with zero attached hydrogens (tertiary/aromatic N) is 2. The third-order valence-electron chi connectivity index (χ3n) is 3.02. The average molecular weight is 346 g/mol. The van der Waals surface area contributed by atoms with Gasteiger partial charge in [-0.1, -0.05) is 17.3 Å². The van der Waals surface area contributed by atoms with Crippen molar-refractivity contribution in [1.29, 1.82) is 0 Å². The predicted molar refractivity (Wildman–Crippen MR) is 79.3 cm³/mol. The molecule has 132 valence electrons. The highest BCUT2D eigenvalue weighted by molar-refractivity contribution is 5.98. The predicted octanol–water partition coefficient (Wildman–Crippen LogP) is 2.08. The van der Waals surface area contributed by atoms with Gasteiger partial charge in [0, 0.05) is 7.05 Å². The van der Waals surface area contributed by atoms with Gasteiger partial charge in [0.05, 0.1) is 18.4 Å². The lowest BCUT2D eigenvalue weighted by molar-refractivity contribution is -0.147. The summed E-state index contributed by atoms with van der Waals surface area (Å²) in [4.78, 5) is 28.6. The lowest BCUT2D eigenvalue weighted by Crippen LogP contribution is -2.34. The van der Waals surface area contributed by atoms with Crippen molar-refractivity contribution in [3.63, 3.8) is 0 Å². The molecule has 6 nitrogen and oxygen atoms in total. The SMILES string of the molecule is COC(=O)CN(C)C(=O)CO/N=C(\C)c1cccc(C(F)(F)F)c1. The van der Waals surface area contributed by atoms with E-state index in [-0.39, 0.29) is 17.8 Å². The monoisotopic (exact) mass is 346 g/mol. The molecular formula is C15H17F3N2O4. The molecule has 0 aliphatic carbocycles. The number of hydrogen-bond acceptors (Lipinski definition) is 5. The van der Waals surface area contributed by atoms with Gasteiger partial charge >= 0.3 is 12.1 Å². The molecule has 0 spiro atoms. The highest BCUT2D eigenvalue weighted by Gasteiger charge is 2.30. The van der Waals surface area contributed by atoms with E-state index in [0.717, 1.165) is 17.0 Å². The summed E-state index contributed by atoms with van der Waals surface area (Å²) < 4.78 is 42.4. The minimum absolute atomic E-state index is 0.185. The minimum atomic E-state index is -4.45. The first kappa shape index (κ1) is 19.5. The number of ether oxygens (including phenoxy) is 1. The van der Waals surface area contributed by atoms with E-state index >= 15 is 0 Å². The van der Waals surface area contributed by atoms with Crippen molar-refractivity contribution in [2.75, 3.05) is 27.3 Å². The van der Waals surface area contributed by atoms with E-state index in [9.17, 15) is 22.8 Å². The van der Waals surface area contributed by atoms with Gasteiger partial charge in [0.15, 0.2) is 6.61 Å². The van der Waals surface area contributed by atoms with Crippen LogP contribution >= 0.6 is 0 Å². The molecule has 9 heteroatoms. The van der Waals surface area contributed by atoms with E-state index in [1.165, 1.54) is 33.2 Å². The Labute approximate surface area is 136 Å². The zero-order valence-electron chi connectivity index (χ0n) is 13.4. The molecule has 0 heterocycles. The number of likely N-dealkylation sites (N-methyl/N-ethyl adjacent to an activating group) is 1. The first-order chi connectivity index (χ1) is 11.1. The molecule has 1 amide bonds.